The highest BCUT2D eigenvalue weighted by atomic mass is 16.6. The Morgan fingerprint density at radius 1 is 1.50 bits per heavy atom. The Balaban J connectivity index is 2.07. The van der Waals surface area contributed by atoms with Gasteiger partial charge in [0, 0.05) is 0 Å². The number of amides is 1. The molecule has 66 valence electrons. The highest BCUT2D eigenvalue weighted by Crippen LogP contribution is 2.19. The number of alkyl carbamates (subject to hydrolysis) is 1. The third-order valence-electron chi connectivity index (χ3n) is 2.40. The largest absolute Gasteiger partial charge is 0.444 e. The van der Waals surface area contributed by atoms with Gasteiger partial charge in [0.2, 0.25) is 0 Å². The van der Waals surface area contributed by atoms with E-state index in [1.165, 1.54) is 6.42 Å². The van der Waals surface area contributed by atoms with Gasteiger partial charge >= 0.3 is 6.09 Å². The van der Waals surface area contributed by atoms with Crippen molar-refractivity contribution in [2.75, 3.05) is 0 Å². The van der Waals surface area contributed by atoms with Crippen molar-refractivity contribution >= 4 is 6.09 Å². The molecule has 12 heavy (non-hydrogen) atoms. The number of ether oxygens (including phenoxy) is 1. The van der Waals surface area contributed by atoms with E-state index in [0.29, 0.717) is 0 Å². The third kappa shape index (κ3) is 1.44. The van der Waals surface area contributed by atoms with Crippen molar-refractivity contribution in [2.45, 2.75) is 37.8 Å². The van der Waals surface area contributed by atoms with Gasteiger partial charge in [-0.05, 0) is 25.7 Å². The molecule has 1 aliphatic carbocycles. The van der Waals surface area contributed by atoms with Crippen molar-refractivity contribution in [1.29, 1.82) is 0 Å². The zero-order valence-corrected chi connectivity index (χ0v) is 6.95. The van der Waals surface area contributed by atoms with Crippen molar-refractivity contribution < 1.29 is 9.53 Å². The molecule has 2 rings (SSSR count). The molecule has 0 radical (unpaired) electrons. The van der Waals surface area contributed by atoms with Crippen LogP contribution in [-0.4, -0.2) is 18.2 Å². The Labute approximate surface area is 71.8 Å². The molecule has 2 aliphatic rings. The monoisotopic (exact) mass is 167 g/mol. The van der Waals surface area contributed by atoms with Gasteiger partial charge in [-0.3, -0.25) is 0 Å². The maximum atomic E-state index is 10.9. The molecule has 3 nitrogen and oxygen atoms in total. The van der Waals surface area contributed by atoms with Crippen molar-refractivity contribution in [3.63, 3.8) is 0 Å². The molecule has 0 spiro atoms. The van der Waals surface area contributed by atoms with Crippen LogP contribution in [0.5, 0.6) is 0 Å². The van der Waals surface area contributed by atoms with Crippen LogP contribution in [0.3, 0.4) is 0 Å². The van der Waals surface area contributed by atoms with Crippen molar-refractivity contribution in [3.8, 4) is 0 Å². The lowest BCUT2D eigenvalue weighted by atomic mass is 10.0. The summed E-state index contributed by atoms with van der Waals surface area (Å²) in [6, 6.07) is 0.123. The van der Waals surface area contributed by atoms with Crippen molar-refractivity contribution in [2.24, 2.45) is 0 Å². The fourth-order valence-electron chi connectivity index (χ4n) is 1.73. The van der Waals surface area contributed by atoms with Crippen LogP contribution >= 0.6 is 0 Å². The lowest BCUT2D eigenvalue weighted by Crippen LogP contribution is -2.29. The lowest BCUT2D eigenvalue weighted by Gasteiger charge is -2.15. The summed E-state index contributed by atoms with van der Waals surface area (Å²) in [5.74, 6) is 0. The van der Waals surface area contributed by atoms with Crippen LogP contribution in [0.4, 0.5) is 4.79 Å². The average molecular weight is 167 g/mol. The number of rotatable bonds is 0. The first kappa shape index (κ1) is 7.65. The molecular formula is C9H13NO2. The second kappa shape index (κ2) is 3.17. The number of carbonyl (C=O) groups is 1. The van der Waals surface area contributed by atoms with Crippen LogP contribution in [0, 0.1) is 0 Å². The molecule has 1 fully saturated rings. The Morgan fingerprint density at radius 3 is 3.33 bits per heavy atom. The summed E-state index contributed by atoms with van der Waals surface area (Å²) in [5.41, 5.74) is 0. The Kier molecular flexibility index (Phi) is 2.02. The highest BCUT2D eigenvalue weighted by molar-refractivity contribution is 5.70. The Hall–Kier alpha value is -0.990. The van der Waals surface area contributed by atoms with E-state index in [4.69, 9.17) is 4.74 Å². The molecule has 0 unspecified atom stereocenters. The van der Waals surface area contributed by atoms with Gasteiger partial charge in [-0.25, -0.2) is 4.79 Å². The number of allylic oxidation sites excluding steroid dienone is 1. The van der Waals surface area contributed by atoms with Crippen molar-refractivity contribution in [1.82, 2.24) is 5.32 Å². The molecule has 3 heteroatoms. The summed E-state index contributed by atoms with van der Waals surface area (Å²) < 4.78 is 5.10. The van der Waals surface area contributed by atoms with Gasteiger partial charge < -0.3 is 10.1 Å². The molecule has 0 aromatic rings. The van der Waals surface area contributed by atoms with Gasteiger partial charge in [-0.2, -0.15) is 0 Å². The minimum atomic E-state index is -0.267. The molecule has 1 amide bonds. The van der Waals surface area contributed by atoms with Crippen molar-refractivity contribution in [3.05, 3.63) is 12.2 Å². The summed E-state index contributed by atoms with van der Waals surface area (Å²) in [7, 11) is 0. The fourth-order valence-corrected chi connectivity index (χ4v) is 1.73. The highest BCUT2D eigenvalue weighted by Gasteiger charge is 2.31. The maximum Gasteiger partial charge on any atom is 0.408 e. The molecule has 0 bridgehead atoms. The van der Waals surface area contributed by atoms with Crippen LogP contribution in [0.15, 0.2) is 12.2 Å². The van der Waals surface area contributed by atoms with Crippen LogP contribution in [-0.2, 0) is 4.74 Å². The molecule has 0 aromatic heterocycles. The van der Waals surface area contributed by atoms with Gasteiger partial charge in [0.25, 0.3) is 0 Å². The normalized spacial score (nSPS) is 34.5. The standard InChI is InChI=1S/C9H13NO2/c11-9-10-7-5-3-1-2-4-6-8(7)12-9/h3,5,7-8H,1-2,4,6H2,(H,10,11)/t7-,8-/m1/s1. The first-order valence-electron chi connectivity index (χ1n) is 4.50. The van der Waals surface area contributed by atoms with Gasteiger partial charge in [0.1, 0.15) is 6.10 Å². The first-order chi connectivity index (χ1) is 5.86. The van der Waals surface area contributed by atoms with E-state index in [-0.39, 0.29) is 18.2 Å². The van der Waals surface area contributed by atoms with E-state index < -0.39 is 0 Å². The second-order valence-electron chi connectivity index (χ2n) is 3.33. The van der Waals surface area contributed by atoms with E-state index >= 15 is 0 Å². The van der Waals surface area contributed by atoms with Gasteiger partial charge in [-0.1, -0.05) is 12.2 Å². The topological polar surface area (TPSA) is 38.3 Å². The van der Waals surface area contributed by atoms with Gasteiger partial charge in [0.15, 0.2) is 0 Å². The number of fused-ring (bicyclic) bond motifs is 1. The van der Waals surface area contributed by atoms with E-state index in [9.17, 15) is 4.79 Å². The van der Waals surface area contributed by atoms with Gasteiger partial charge in [-0.15, -0.1) is 0 Å². The Morgan fingerprint density at radius 2 is 2.42 bits per heavy atom. The quantitative estimate of drug-likeness (QED) is 0.556. The number of carbonyl (C=O) groups excluding carboxylic acids is 1. The minimum Gasteiger partial charge on any atom is -0.444 e. The smallest absolute Gasteiger partial charge is 0.408 e. The van der Waals surface area contributed by atoms with E-state index in [1.54, 1.807) is 0 Å². The van der Waals surface area contributed by atoms with Crippen LogP contribution < -0.4 is 5.32 Å². The maximum absolute atomic E-state index is 10.9. The SMILES string of the molecule is O=C1N[C@@H]2C=CCCCC[C@H]2O1. The molecular weight excluding hydrogens is 154 g/mol. The second-order valence-corrected chi connectivity index (χ2v) is 3.33. The van der Waals surface area contributed by atoms with E-state index in [2.05, 4.69) is 17.5 Å². The predicted molar refractivity (Wildman–Crippen MR) is 44.8 cm³/mol. The molecule has 1 aliphatic heterocycles. The molecule has 1 heterocycles. The minimum absolute atomic E-state index is 0.0778. The zero-order valence-electron chi connectivity index (χ0n) is 6.95. The van der Waals surface area contributed by atoms with E-state index in [0.717, 1.165) is 19.3 Å². The number of nitrogens with one attached hydrogen (secondary N) is 1. The number of hydrogen-bond donors (Lipinski definition) is 1. The molecule has 1 saturated heterocycles. The molecule has 2 atom stereocenters. The van der Waals surface area contributed by atoms with Crippen LogP contribution in [0.1, 0.15) is 25.7 Å². The summed E-state index contributed by atoms with van der Waals surface area (Å²) in [5, 5.41) is 2.78. The summed E-state index contributed by atoms with van der Waals surface area (Å²) in [6.45, 7) is 0. The van der Waals surface area contributed by atoms with Crippen LogP contribution in [0.2, 0.25) is 0 Å². The first-order valence-corrected chi connectivity index (χ1v) is 4.50. The molecule has 0 aromatic carbocycles. The Bertz CT molecular complexity index is 213. The third-order valence-corrected chi connectivity index (χ3v) is 2.40. The fraction of sp³-hybridized carbons (Fsp3) is 0.667. The summed E-state index contributed by atoms with van der Waals surface area (Å²) in [6.07, 6.45) is 8.47. The van der Waals surface area contributed by atoms with Crippen LogP contribution in [0.25, 0.3) is 0 Å². The predicted octanol–water partition coefficient (Wildman–Crippen LogP) is 1.59. The number of hydrogen-bond acceptors (Lipinski definition) is 2. The zero-order chi connectivity index (χ0) is 8.39. The lowest BCUT2D eigenvalue weighted by molar-refractivity contribution is 0.128. The average Bonchev–Trinajstić information content (AvgIpc) is 2.32. The van der Waals surface area contributed by atoms with Gasteiger partial charge in [0.05, 0.1) is 6.04 Å². The summed E-state index contributed by atoms with van der Waals surface area (Å²) >= 11 is 0. The van der Waals surface area contributed by atoms with E-state index in [1.807, 2.05) is 0 Å². The summed E-state index contributed by atoms with van der Waals surface area (Å²) in [4.78, 5) is 10.9. The molecule has 1 N–H and O–H groups in total. The molecule has 0 saturated carbocycles.